The summed E-state index contributed by atoms with van der Waals surface area (Å²) in [6.45, 7) is 0. The van der Waals surface area contributed by atoms with Crippen LogP contribution >= 0.6 is 11.8 Å². The van der Waals surface area contributed by atoms with Crippen molar-refractivity contribution < 1.29 is 24.2 Å². The summed E-state index contributed by atoms with van der Waals surface area (Å²) < 4.78 is 4.43. The normalized spacial score (nSPS) is 19.5. The van der Waals surface area contributed by atoms with Gasteiger partial charge in [-0.25, -0.2) is 9.59 Å². The van der Waals surface area contributed by atoms with Crippen molar-refractivity contribution in [2.24, 2.45) is 0 Å². The van der Waals surface area contributed by atoms with Crippen LogP contribution in [0.4, 0.5) is 4.79 Å². The molecule has 1 rings (SSSR count). The number of urea groups is 1. The minimum atomic E-state index is -1.17. The monoisotopic (exact) mass is 290 g/mol. The number of hydrogen-bond donors (Lipinski definition) is 3. The van der Waals surface area contributed by atoms with Gasteiger partial charge in [-0.15, -0.1) is 0 Å². The highest BCUT2D eigenvalue weighted by molar-refractivity contribution is 7.99. The van der Waals surface area contributed by atoms with E-state index in [-0.39, 0.29) is 18.9 Å². The number of methoxy groups -OCH3 is 1. The molecular formula is C11H18N2O5S. The molecule has 2 atom stereocenters. The van der Waals surface area contributed by atoms with Gasteiger partial charge >= 0.3 is 18.0 Å². The number of ether oxygens (including phenoxy) is 1. The van der Waals surface area contributed by atoms with Crippen LogP contribution in [-0.4, -0.2) is 53.8 Å². The van der Waals surface area contributed by atoms with Gasteiger partial charge in [-0.3, -0.25) is 4.79 Å². The van der Waals surface area contributed by atoms with Gasteiger partial charge in [0.2, 0.25) is 0 Å². The highest BCUT2D eigenvalue weighted by Crippen LogP contribution is 2.16. The fourth-order valence-corrected chi connectivity index (χ4v) is 2.81. The summed E-state index contributed by atoms with van der Waals surface area (Å²) in [5, 5.41) is 14.0. The second-order valence-corrected chi connectivity index (χ2v) is 5.33. The lowest BCUT2D eigenvalue weighted by Gasteiger charge is -2.17. The Bertz CT molecular complexity index is 344. The second kappa shape index (κ2) is 7.88. The standard InChI is InChI=1S/C11H18N2O5S/c1-18-9(14)3-2-8(10(15)16)13-11(17)12-7-4-5-19-6-7/h7-8H,2-6H2,1H3,(H,15,16)(H2,12,13,17)/t7?,8-/m1/s1. The minimum Gasteiger partial charge on any atom is -0.480 e. The summed E-state index contributed by atoms with van der Waals surface area (Å²) in [6, 6.07) is -1.52. The van der Waals surface area contributed by atoms with E-state index in [9.17, 15) is 14.4 Å². The number of amides is 2. The number of aliphatic carboxylic acids is 1. The average Bonchev–Trinajstić information content (AvgIpc) is 2.86. The van der Waals surface area contributed by atoms with Gasteiger partial charge in [0.15, 0.2) is 0 Å². The van der Waals surface area contributed by atoms with Gasteiger partial charge in [-0.1, -0.05) is 0 Å². The Labute approximate surface area is 115 Å². The van der Waals surface area contributed by atoms with E-state index in [0.717, 1.165) is 17.9 Å². The predicted molar refractivity (Wildman–Crippen MR) is 70.1 cm³/mol. The highest BCUT2D eigenvalue weighted by atomic mass is 32.2. The van der Waals surface area contributed by atoms with Crippen molar-refractivity contribution in [1.82, 2.24) is 10.6 Å². The zero-order valence-corrected chi connectivity index (χ0v) is 11.5. The lowest BCUT2D eigenvalue weighted by molar-refractivity contribution is -0.142. The summed E-state index contributed by atoms with van der Waals surface area (Å²) in [6.07, 6.45) is 0.847. The number of hydrogen-bond acceptors (Lipinski definition) is 5. The van der Waals surface area contributed by atoms with Crippen LogP contribution in [0.15, 0.2) is 0 Å². The van der Waals surface area contributed by atoms with Gasteiger partial charge in [-0.2, -0.15) is 11.8 Å². The maximum absolute atomic E-state index is 11.6. The molecule has 0 aromatic heterocycles. The first kappa shape index (κ1) is 15.6. The van der Waals surface area contributed by atoms with Gasteiger partial charge in [0.1, 0.15) is 6.04 Å². The fourth-order valence-electron chi connectivity index (χ4n) is 1.66. The SMILES string of the molecule is COC(=O)CC[C@@H](NC(=O)NC1CCSC1)C(=O)O. The van der Waals surface area contributed by atoms with Gasteiger partial charge in [0.25, 0.3) is 0 Å². The number of esters is 1. The Kier molecular flexibility index (Phi) is 6.48. The molecule has 0 radical (unpaired) electrons. The summed E-state index contributed by atoms with van der Waals surface area (Å²) in [5.41, 5.74) is 0. The molecule has 7 nitrogen and oxygen atoms in total. The van der Waals surface area contributed by atoms with Crippen molar-refractivity contribution in [3.63, 3.8) is 0 Å². The smallest absolute Gasteiger partial charge is 0.326 e. The van der Waals surface area contributed by atoms with Gasteiger partial charge in [-0.05, 0) is 18.6 Å². The average molecular weight is 290 g/mol. The molecule has 0 bridgehead atoms. The van der Waals surface area contributed by atoms with Crippen molar-refractivity contribution >= 4 is 29.7 Å². The van der Waals surface area contributed by atoms with Crippen LogP contribution in [-0.2, 0) is 14.3 Å². The molecule has 108 valence electrons. The van der Waals surface area contributed by atoms with E-state index in [1.54, 1.807) is 11.8 Å². The third-order valence-corrected chi connectivity index (χ3v) is 3.90. The predicted octanol–water partition coefficient (Wildman–Crippen LogP) is 0.198. The van der Waals surface area contributed by atoms with E-state index in [2.05, 4.69) is 15.4 Å². The van der Waals surface area contributed by atoms with Crippen LogP contribution in [0.2, 0.25) is 0 Å². The first-order chi connectivity index (χ1) is 9.02. The molecule has 1 aliphatic rings. The Morgan fingerprint density at radius 2 is 2.21 bits per heavy atom. The minimum absolute atomic E-state index is 0.00877. The van der Waals surface area contributed by atoms with Crippen LogP contribution < -0.4 is 10.6 Å². The molecule has 0 aliphatic carbocycles. The summed E-state index contributed by atoms with van der Waals surface area (Å²) >= 11 is 1.75. The highest BCUT2D eigenvalue weighted by Gasteiger charge is 2.23. The number of carbonyl (C=O) groups is 3. The van der Waals surface area contributed by atoms with E-state index < -0.39 is 24.0 Å². The molecule has 0 aromatic rings. The quantitative estimate of drug-likeness (QED) is 0.603. The number of carboxylic acids is 1. The van der Waals surface area contributed by atoms with E-state index in [4.69, 9.17) is 5.11 Å². The Hall–Kier alpha value is -1.44. The lowest BCUT2D eigenvalue weighted by Crippen LogP contribution is -2.49. The summed E-state index contributed by atoms with van der Waals surface area (Å²) in [5.74, 6) is 0.170. The van der Waals surface area contributed by atoms with Gasteiger partial charge < -0.3 is 20.5 Å². The molecule has 1 heterocycles. The molecule has 1 aliphatic heterocycles. The first-order valence-electron chi connectivity index (χ1n) is 5.97. The van der Waals surface area contributed by atoms with E-state index >= 15 is 0 Å². The Morgan fingerprint density at radius 1 is 1.47 bits per heavy atom. The molecule has 2 amide bonds. The van der Waals surface area contributed by atoms with Crippen LogP contribution in [0.3, 0.4) is 0 Å². The largest absolute Gasteiger partial charge is 0.480 e. The van der Waals surface area contributed by atoms with Crippen molar-refractivity contribution in [3.05, 3.63) is 0 Å². The number of rotatable bonds is 6. The molecule has 1 unspecified atom stereocenters. The molecule has 3 N–H and O–H groups in total. The topological polar surface area (TPSA) is 105 Å². The maximum atomic E-state index is 11.6. The molecular weight excluding hydrogens is 272 g/mol. The van der Waals surface area contributed by atoms with Crippen molar-refractivity contribution in [1.29, 1.82) is 0 Å². The van der Waals surface area contributed by atoms with Crippen molar-refractivity contribution in [2.75, 3.05) is 18.6 Å². The fraction of sp³-hybridized carbons (Fsp3) is 0.727. The molecule has 1 fully saturated rings. The zero-order valence-electron chi connectivity index (χ0n) is 10.7. The third-order valence-electron chi connectivity index (χ3n) is 2.73. The van der Waals surface area contributed by atoms with E-state index in [0.29, 0.717) is 0 Å². The van der Waals surface area contributed by atoms with Gasteiger partial charge in [0.05, 0.1) is 7.11 Å². The van der Waals surface area contributed by atoms with Gasteiger partial charge in [0, 0.05) is 18.2 Å². The first-order valence-corrected chi connectivity index (χ1v) is 7.12. The molecule has 8 heteroatoms. The molecule has 0 saturated carbocycles. The summed E-state index contributed by atoms with van der Waals surface area (Å²) in [4.78, 5) is 33.5. The number of carboxylic acid groups (broad SMARTS) is 1. The summed E-state index contributed by atoms with van der Waals surface area (Å²) in [7, 11) is 1.23. The van der Waals surface area contributed by atoms with E-state index in [1.165, 1.54) is 7.11 Å². The second-order valence-electron chi connectivity index (χ2n) is 4.18. The third kappa shape index (κ3) is 5.82. The molecule has 1 saturated heterocycles. The lowest BCUT2D eigenvalue weighted by atomic mass is 10.1. The molecule has 0 aromatic carbocycles. The van der Waals surface area contributed by atoms with Crippen LogP contribution in [0.25, 0.3) is 0 Å². The van der Waals surface area contributed by atoms with Crippen LogP contribution in [0.1, 0.15) is 19.3 Å². The number of thioether (sulfide) groups is 1. The zero-order chi connectivity index (χ0) is 14.3. The van der Waals surface area contributed by atoms with Crippen molar-refractivity contribution in [3.8, 4) is 0 Å². The molecule has 19 heavy (non-hydrogen) atoms. The van der Waals surface area contributed by atoms with Crippen LogP contribution in [0.5, 0.6) is 0 Å². The van der Waals surface area contributed by atoms with Crippen molar-refractivity contribution in [2.45, 2.75) is 31.3 Å². The van der Waals surface area contributed by atoms with Crippen LogP contribution in [0, 0.1) is 0 Å². The Morgan fingerprint density at radius 3 is 2.74 bits per heavy atom. The molecule has 0 spiro atoms. The number of carbonyl (C=O) groups excluding carboxylic acids is 2. The Balaban J connectivity index is 2.36. The van der Waals surface area contributed by atoms with E-state index in [1.807, 2.05) is 0 Å². The maximum Gasteiger partial charge on any atom is 0.326 e. The number of nitrogens with one attached hydrogen (secondary N) is 2.